The summed E-state index contributed by atoms with van der Waals surface area (Å²) in [5, 5.41) is 0. The van der Waals surface area contributed by atoms with Crippen molar-refractivity contribution in [3.05, 3.63) is 35.4 Å². The minimum atomic E-state index is -0.588. The Balaban J connectivity index is 1.99. The van der Waals surface area contributed by atoms with E-state index < -0.39 is 18.3 Å². The van der Waals surface area contributed by atoms with E-state index in [1.807, 2.05) is 27.7 Å². The fraction of sp³-hybridized carbons (Fsp3) is 0.429. The van der Waals surface area contributed by atoms with Gasteiger partial charge in [-0.1, -0.05) is 0 Å². The van der Waals surface area contributed by atoms with Crippen LogP contribution in [-0.2, 0) is 9.31 Å². The van der Waals surface area contributed by atoms with Gasteiger partial charge in [0.15, 0.2) is 0 Å². The topological polar surface area (TPSA) is 49.2 Å². The van der Waals surface area contributed by atoms with Crippen LogP contribution in [0.15, 0.2) is 35.4 Å². The molecule has 1 saturated heterocycles. The molecule has 0 atom stereocenters. The van der Waals surface area contributed by atoms with Crippen LogP contribution < -0.4 is 5.59 Å². The van der Waals surface area contributed by atoms with E-state index in [9.17, 15) is 0 Å². The third kappa shape index (κ3) is 2.65. The number of aromatic nitrogens is 3. The lowest BCUT2D eigenvalue weighted by atomic mass is 9.84. The molecule has 0 unspecified atom stereocenters. The van der Waals surface area contributed by atoms with Crippen LogP contribution in [0.2, 0.25) is 0 Å². The number of hydrogen-bond acceptors (Lipinski definition) is 4. The molecule has 3 rings (SSSR count). The lowest BCUT2D eigenvalue weighted by molar-refractivity contribution is 0.00578. The van der Waals surface area contributed by atoms with Crippen LogP contribution in [0.3, 0.4) is 0 Å². The summed E-state index contributed by atoms with van der Waals surface area (Å²) < 4.78 is 29.6. The monoisotopic (exact) mass is 351 g/mol. The van der Waals surface area contributed by atoms with Gasteiger partial charge >= 0.3 is 7.12 Å². The number of imidazole rings is 1. The first-order chi connectivity index (χ1) is 10.6. The van der Waals surface area contributed by atoms with Gasteiger partial charge in [0.25, 0.3) is 0 Å². The van der Waals surface area contributed by atoms with E-state index in [2.05, 4.69) is 25.9 Å². The molecule has 0 bridgehead atoms. The molecular formula is C14H17BBrN3O2. The quantitative estimate of drug-likeness (QED) is 0.779. The van der Waals surface area contributed by atoms with Gasteiger partial charge in [-0.25, -0.2) is 4.98 Å². The number of hydrogen-bond donors (Lipinski definition) is 0. The van der Waals surface area contributed by atoms with Crippen molar-refractivity contribution >= 4 is 28.6 Å². The zero-order valence-electron chi connectivity index (χ0n) is 14.3. The second-order valence-corrected chi connectivity index (χ2v) is 6.73. The lowest BCUT2D eigenvalue weighted by Crippen LogP contribution is -2.41. The van der Waals surface area contributed by atoms with Crippen LogP contribution in [0.5, 0.6) is 0 Å². The predicted octanol–water partition coefficient (Wildman–Crippen LogP) is 2.33. The summed E-state index contributed by atoms with van der Waals surface area (Å²) in [7, 11) is -0.588. The van der Waals surface area contributed by atoms with Crippen LogP contribution >= 0.6 is 15.9 Å². The Labute approximate surface area is 135 Å². The van der Waals surface area contributed by atoms with Crippen LogP contribution in [-0.4, -0.2) is 32.9 Å². The summed E-state index contributed by atoms with van der Waals surface area (Å²) in [4.78, 5) is 8.26. The molecule has 1 aliphatic rings. The molecule has 2 aromatic rings. The Morgan fingerprint density at radius 1 is 1.24 bits per heavy atom. The predicted molar refractivity (Wildman–Crippen MR) is 84.8 cm³/mol. The molecule has 21 heavy (non-hydrogen) atoms. The van der Waals surface area contributed by atoms with E-state index in [4.69, 9.17) is 12.1 Å². The maximum atomic E-state index is 8.01. The molecule has 0 radical (unpaired) electrons. The molecule has 0 N–H and O–H groups in total. The van der Waals surface area contributed by atoms with Gasteiger partial charge in [0.1, 0.15) is 12.3 Å². The van der Waals surface area contributed by atoms with Crippen molar-refractivity contribution < 1.29 is 12.1 Å². The highest BCUT2D eigenvalue weighted by atomic mass is 79.9. The van der Waals surface area contributed by atoms with Gasteiger partial charge in [0.05, 0.1) is 18.2 Å². The van der Waals surface area contributed by atoms with Crippen molar-refractivity contribution in [2.24, 2.45) is 0 Å². The molecule has 0 amide bonds. The van der Waals surface area contributed by atoms with Crippen LogP contribution in [0, 0.1) is 0 Å². The minimum Gasteiger partial charge on any atom is -0.398 e. The Bertz CT molecular complexity index is 750. The average Bonchev–Trinajstić information content (AvgIpc) is 2.83. The molecular weight excluding hydrogens is 333 g/mol. The first-order valence-corrected chi connectivity index (χ1v) is 7.45. The highest BCUT2D eigenvalue weighted by molar-refractivity contribution is 9.10. The molecule has 0 spiro atoms. The number of rotatable bonds is 2. The minimum absolute atomic E-state index is 0.0204. The molecule has 0 aliphatic carbocycles. The Hall–Kier alpha value is -1.18. The smallest absolute Gasteiger partial charge is 0.398 e. The number of halogens is 1. The highest BCUT2D eigenvalue weighted by Crippen LogP contribution is 2.36. The maximum absolute atomic E-state index is 8.01. The molecule has 0 saturated carbocycles. The molecule has 7 heteroatoms. The Kier molecular flexibility index (Phi) is 2.91. The summed E-state index contributed by atoms with van der Waals surface area (Å²) in [6, 6.07) is 3.48. The van der Waals surface area contributed by atoms with Gasteiger partial charge in [0.2, 0.25) is 0 Å². The molecule has 2 aromatic heterocycles. The van der Waals surface area contributed by atoms with Crippen molar-refractivity contribution in [3.63, 3.8) is 0 Å². The van der Waals surface area contributed by atoms with E-state index >= 15 is 0 Å². The van der Waals surface area contributed by atoms with Gasteiger partial charge in [0, 0.05) is 18.1 Å². The normalized spacial score (nSPS) is 21.3. The zero-order valence-corrected chi connectivity index (χ0v) is 13.9. The molecule has 1 fully saturated rings. The van der Waals surface area contributed by atoms with E-state index in [0.29, 0.717) is 15.9 Å². The first kappa shape index (κ1) is 12.4. The highest BCUT2D eigenvalue weighted by Gasteiger charge is 2.52. The molecule has 3 heterocycles. The fourth-order valence-electron chi connectivity index (χ4n) is 2.03. The van der Waals surface area contributed by atoms with Crippen molar-refractivity contribution in [1.29, 1.82) is 0 Å². The van der Waals surface area contributed by atoms with E-state index in [0.717, 1.165) is 0 Å². The standard InChI is InChI=1S/C14H17BBrN3O2/c1-13(2)14(3,4)21-15(20-13)11-7-10(5-6-17-11)19-8-12(16)18-9-19/h5-9H,1-4H3/i8D,9D. The second-order valence-electron chi connectivity index (χ2n) is 5.98. The van der Waals surface area contributed by atoms with Gasteiger partial charge in [-0.15, -0.1) is 0 Å². The third-order valence-electron chi connectivity index (χ3n) is 3.97. The van der Waals surface area contributed by atoms with Crippen LogP contribution in [0.4, 0.5) is 0 Å². The lowest BCUT2D eigenvalue weighted by Gasteiger charge is -2.32. The summed E-state index contributed by atoms with van der Waals surface area (Å²) in [5.74, 6) is 0. The number of pyridine rings is 1. The SMILES string of the molecule is [2H]c1nc(Br)c([2H])n1-c1ccnc(B2OC(C)(C)C(C)(C)O2)c1. The summed E-state index contributed by atoms with van der Waals surface area (Å²) >= 11 is 3.17. The second kappa shape index (κ2) is 4.93. The zero-order chi connectivity index (χ0) is 17.0. The van der Waals surface area contributed by atoms with Crippen molar-refractivity contribution in [1.82, 2.24) is 14.5 Å². The number of nitrogens with zero attached hydrogens (tertiary/aromatic N) is 3. The van der Waals surface area contributed by atoms with E-state index in [-0.39, 0.29) is 12.5 Å². The molecule has 1 aliphatic heterocycles. The van der Waals surface area contributed by atoms with Crippen LogP contribution in [0.25, 0.3) is 5.69 Å². The van der Waals surface area contributed by atoms with E-state index in [1.54, 1.807) is 18.3 Å². The molecule has 110 valence electrons. The van der Waals surface area contributed by atoms with Gasteiger partial charge in [-0.05, 0) is 55.8 Å². The van der Waals surface area contributed by atoms with Crippen LogP contribution in [0.1, 0.15) is 30.4 Å². The van der Waals surface area contributed by atoms with Crippen molar-refractivity contribution in [2.75, 3.05) is 0 Å². The largest absolute Gasteiger partial charge is 0.514 e. The molecule has 5 nitrogen and oxygen atoms in total. The van der Waals surface area contributed by atoms with E-state index in [1.165, 1.54) is 4.57 Å². The maximum Gasteiger partial charge on any atom is 0.514 e. The van der Waals surface area contributed by atoms with Crippen molar-refractivity contribution in [2.45, 2.75) is 38.9 Å². The first-order valence-electron chi connectivity index (χ1n) is 7.66. The molecule has 0 aromatic carbocycles. The summed E-state index contributed by atoms with van der Waals surface area (Å²) in [5.41, 5.74) is 0.325. The average molecular weight is 352 g/mol. The third-order valence-corrected chi connectivity index (χ3v) is 4.32. The summed E-state index contributed by atoms with van der Waals surface area (Å²) in [6.45, 7) is 7.92. The summed E-state index contributed by atoms with van der Waals surface area (Å²) in [6.07, 6.45) is 1.71. The fourth-order valence-corrected chi connectivity index (χ4v) is 2.28. The van der Waals surface area contributed by atoms with Gasteiger partial charge in [-0.2, -0.15) is 0 Å². The Morgan fingerprint density at radius 2 is 1.90 bits per heavy atom. The van der Waals surface area contributed by atoms with Gasteiger partial charge < -0.3 is 13.9 Å². The Morgan fingerprint density at radius 3 is 2.48 bits per heavy atom. The van der Waals surface area contributed by atoms with Crippen molar-refractivity contribution in [3.8, 4) is 5.69 Å². The van der Waals surface area contributed by atoms with Gasteiger partial charge in [-0.3, -0.25) is 4.98 Å².